The van der Waals surface area contributed by atoms with E-state index in [-0.39, 0.29) is 11.3 Å². The van der Waals surface area contributed by atoms with Gasteiger partial charge in [-0.2, -0.15) is 0 Å². The van der Waals surface area contributed by atoms with E-state index in [9.17, 15) is 14.7 Å². The number of carbonyl (C=O) groups is 1. The van der Waals surface area contributed by atoms with Gasteiger partial charge in [0.05, 0.1) is 17.8 Å². The Hall–Kier alpha value is -2.79. The molecular formula is C29H35ClN2O3. The second-order valence-corrected chi connectivity index (χ2v) is 10.6. The Labute approximate surface area is 212 Å². The largest absolute Gasteiger partial charge is 0.478 e. The number of halogens is 1. The van der Waals surface area contributed by atoms with E-state index in [1.165, 1.54) is 19.3 Å². The molecule has 1 N–H and O–H groups in total. The number of carboxylic acid groups (broad SMARTS) is 1. The van der Waals surface area contributed by atoms with Crippen LogP contribution in [0.3, 0.4) is 0 Å². The summed E-state index contributed by atoms with van der Waals surface area (Å²) in [7, 11) is 0. The van der Waals surface area contributed by atoms with Crippen molar-refractivity contribution in [3.63, 3.8) is 0 Å². The number of carboxylic acids is 1. The first-order valence-electron chi connectivity index (χ1n) is 12.7. The number of hydrogen-bond acceptors (Lipinski definition) is 2. The second-order valence-electron chi connectivity index (χ2n) is 10.2. The molecule has 1 heterocycles. The Morgan fingerprint density at radius 3 is 2.37 bits per heavy atom. The van der Waals surface area contributed by atoms with Crippen molar-refractivity contribution in [1.82, 2.24) is 9.13 Å². The molecule has 0 bridgehead atoms. The minimum absolute atomic E-state index is 0.0281. The second kappa shape index (κ2) is 11.3. The smallest absolute Gasteiger partial charge is 0.336 e. The van der Waals surface area contributed by atoms with E-state index in [1.807, 2.05) is 41.0 Å². The number of benzene rings is 2. The third-order valence-electron chi connectivity index (χ3n) is 7.15. The third-order valence-corrected chi connectivity index (χ3v) is 7.57. The molecule has 1 aliphatic carbocycles. The van der Waals surface area contributed by atoms with Crippen LogP contribution in [0.5, 0.6) is 0 Å². The van der Waals surface area contributed by atoms with Crippen molar-refractivity contribution in [2.24, 2.45) is 11.8 Å². The van der Waals surface area contributed by atoms with Crippen LogP contribution in [0.1, 0.15) is 74.0 Å². The molecule has 1 fully saturated rings. The summed E-state index contributed by atoms with van der Waals surface area (Å²) in [4.78, 5) is 25.1. The number of nitrogens with zero attached hydrogens (tertiary/aromatic N) is 2. The highest BCUT2D eigenvalue weighted by Gasteiger charge is 2.22. The molecule has 3 aromatic rings. The standard InChI is InChI=1S/C29H35ClN2O3/c1-20(2)12-17-26-27(30)32(19-21-8-4-3-5-9-21)29(35)31(26)18-22-13-15-23(16-14-22)24-10-6-7-11-25(24)28(33)34/h6-7,10-11,13-16,20-21H,3-5,8-9,12,17-19H2,1-2H3,(H,33,34). The first kappa shape index (κ1) is 25.3. The summed E-state index contributed by atoms with van der Waals surface area (Å²) in [5.74, 6) is 0.0891. The SMILES string of the molecule is CC(C)CCc1c(Cl)n(CC2CCCCC2)c(=O)n1Cc1ccc(-c2ccccc2C(=O)O)cc1. The van der Waals surface area contributed by atoms with Gasteiger partial charge in [-0.1, -0.05) is 87.2 Å². The van der Waals surface area contributed by atoms with E-state index < -0.39 is 5.97 Å². The molecule has 0 atom stereocenters. The monoisotopic (exact) mass is 494 g/mol. The van der Waals surface area contributed by atoms with Gasteiger partial charge in [0.15, 0.2) is 0 Å². The van der Waals surface area contributed by atoms with Gasteiger partial charge >= 0.3 is 11.7 Å². The van der Waals surface area contributed by atoms with Crippen molar-refractivity contribution in [1.29, 1.82) is 0 Å². The van der Waals surface area contributed by atoms with Crippen LogP contribution in [0.4, 0.5) is 0 Å². The molecule has 0 radical (unpaired) electrons. The van der Waals surface area contributed by atoms with Crippen LogP contribution in [0, 0.1) is 11.8 Å². The topological polar surface area (TPSA) is 64.2 Å². The van der Waals surface area contributed by atoms with Gasteiger partial charge in [0.25, 0.3) is 0 Å². The molecule has 1 aromatic heterocycles. The van der Waals surface area contributed by atoms with Gasteiger partial charge in [0, 0.05) is 6.54 Å². The molecule has 1 aliphatic rings. The lowest BCUT2D eigenvalue weighted by Gasteiger charge is -2.21. The first-order valence-corrected chi connectivity index (χ1v) is 13.1. The zero-order valence-corrected chi connectivity index (χ0v) is 21.4. The lowest BCUT2D eigenvalue weighted by molar-refractivity contribution is 0.0697. The van der Waals surface area contributed by atoms with Crippen LogP contribution in [0.15, 0.2) is 53.3 Å². The zero-order chi connectivity index (χ0) is 24.9. The maximum Gasteiger partial charge on any atom is 0.336 e. The van der Waals surface area contributed by atoms with Gasteiger partial charge in [-0.15, -0.1) is 0 Å². The highest BCUT2D eigenvalue weighted by Crippen LogP contribution is 2.28. The highest BCUT2D eigenvalue weighted by molar-refractivity contribution is 6.30. The molecule has 1 saturated carbocycles. The number of aromatic carboxylic acids is 1. The molecule has 0 saturated heterocycles. The van der Waals surface area contributed by atoms with E-state index in [4.69, 9.17) is 11.6 Å². The van der Waals surface area contributed by atoms with Gasteiger partial charge in [0.1, 0.15) is 5.15 Å². The average molecular weight is 495 g/mol. The van der Waals surface area contributed by atoms with Gasteiger partial charge < -0.3 is 5.11 Å². The van der Waals surface area contributed by atoms with Crippen molar-refractivity contribution in [3.05, 3.63) is 81.0 Å². The molecule has 4 rings (SSSR count). The minimum Gasteiger partial charge on any atom is -0.478 e. The van der Waals surface area contributed by atoms with E-state index >= 15 is 0 Å². The zero-order valence-electron chi connectivity index (χ0n) is 20.7. The van der Waals surface area contributed by atoms with Gasteiger partial charge in [-0.05, 0) is 60.3 Å². The van der Waals surface area contributed by atoms with Crippen LogP contribution in [0.2, 0.25) is 5.15 Å². The molecule has 0 amide bonds. The predicted octanol–water partition coefficient (Wildman–Crippen LogP) is 6.89. The van der Waals surface area contributed by atoms with Crippen molar-refractivity contribution >= 4 is 17.6 Å². The predicted molar refractivity (Wildman–Crippen MR) is 141 cm³/mol. The molecule has 186 valence electrons. The average Bonchev–Trinajstić information content (AvgIpc) is 3.07. The number of hydrogen-bond donors (Lipinski definition) is 1. The van der Waals surface area contributed by atoms with Crippen LogP contribution < -0.4 is 5.69 Å². The van der Waals surface area contributed by atoms with Gasteiger partial charge in [-0.25, -0.2) is 9.59 Å². The van der Waals surface area contributed by atoms with E-state index in [1.54, 1.807) is 16.7 Å². The quantitative estimate of drug-likeness (QED) is 0.352. The van der Waals surface area contributed by atoms with Gasteiger partial charge in [0.2, 0.25) is 0 Å². The fraction of sp³-hybridized carbons (Fsp3) is 0.448. The Morgan fingerprint density at radius 2 is 1.71 bits per heavy atom. The summed E-state index contributed by atoms with van der Waals surface area (Å²) in [5.41, 5.74) is 3.68. The number of aromatic nitrogens is 2. The van der Waals surface area contributed by atoms with Crippen LogP contribution in [-0.2, 0) is 19.5 Å². The van der Waals surface area contributed by atoms with Crippen molar-refractivity contribution in [2.45, 2.75) is 71.9 Å². The fourth-order valence-corrected chi connectivity index (χ4v) is 5.46. The molecule has 0 aliphatic heterocycles. The summed E-state index contributed by atoms with van der Waals surface area (Å²) in [6.45, 7) is 5.51. The highest BCUT2D eigenvalue weighted by atomic mass is 35.5. The van der Waals surface area contributed by atoms with E-state index in [0.717, 1.165) is 42.5 Å². The molecule has 6 heteroatoms. The molecule has 5 nitrogen and oxygen atoms in total. The van der Waals surface area contributed by atoms with Crippen molar-refractivity contribution < 1.29 is 9.90 Å². The number of rotatable bonds is 9. The third kappa shape index (κ3) is 5.90. The van der Waals surface area contributed by atoms with Crippen molar-refractivity contribution in [3.8, 4) is 11.1 Å². The molecular weight excluding hydrogens is 460 g/mol. The summed E-state index contributed by atoms with van der Waals surface area (Å²) < 4.78 is 3.64. The molecule has 0 unspecified atom stereocenters. The van der Waals surface area contributed by atoms with Crippen LogP contribution in [-0.4, -0.2) is 20.2 Å². The van der Waals surface area contributed by atoms with Crippen molar-refractivity contribution in [2.75, 3.05) is 0 Å². The minimum atomic E-state index is -0.944. The maximum absolute atomic E-state index is 13.5. The first-order chi connectivity index (χ1) is 16.8. The lowest BCUT2D eigenvalue weighted by Crippen LogP contribution is -2.28. The molecule has 2 aromatic carbocycles. The summed E-state index contributed by atoms with van der Waals surface area (Å²) in [6, 6.07) is 14.8. The molecule has 35 heavy (non-hydrogen) atoms. The van der Waals surface area contributed by atoms with Crippen LogP contribution in [0.25, 0.3) is 11.1 Å². The maximum atomic E-state index is 13.5. The Kier molecular flexibility index (Phi) is 8.17. The molecule has 0 spiro atoms. The normalized spacial score (nSPS) is 14.5. The van der Waals surface area contributed by atoms with E-state index in [0.29, 0.717) is 35.6 Å². The van der Waals surface area contributed by atoms with E-state index in [2.05, 4.69) is 13.8 Å². The number of imidazole rings is 1. The fourth-order valence-electron chi connectivity index (χ4n) is 5.12. The van der Waals surface area contributed by atoms with Gasteiger partial charge in [-0.3, -0.25) is 9.13 Å². The Bertz CT molecular complexity index is 1220. The summed E-state index contributed by atoms with van der Waals surface area (Å²) >= 11 is 6.84. The van der Waals surface area contributed by atoms with Crippen LogP contribution >= 0.6 is 11.6 Å². The Balaban J connectivity index is 1.63. The Morgan fingerprint density at radius 1 is 1.03 bits per heavy atom. The summed E-state index contributed by atoms with van der Waals surface area (Å²) in [6.07, 6.45) is 7.81. The summed E-state index contributed by atoms with van der Waals surface area (Å²) in [5, 5.41) is 10.1. The lowest BCUT2D eigenvalue weighted by atomic mass is 9.89.